The van der Waals surface area contributed by atoms with E-state index in [1.54, 1.807) is 0 Å². The molecule has 4 heteroatoms. The minimum atomic E-state index is 0.607. The van der Waals surface area contributed by atoms with Gasteiger partial charge in [-0.1, -0.05) is 6.07 Å². The highest BCUT2D eigenvalue weighted by Gasteiger charge is 2.21. The van der Waals surface area contributed by atoms with Gasteiger partial charge in [-0.2, -0.15) is 0 Å². The number of aromatic nitrogens is 1. The van der Waals surface area contributed by atoms with E-state index >= 15 is 0 Å². The summed E-state index contributed by atoms with van der Waals surface area (Å²) in [6, 6.07) is 6.61. The number of aryl methyl sites for hydroxylation is 1. The van der Waals surface area contributed by atoms with Gasteiger partial charge < -0.3 is 10.6 Å². The zero-order chi connectivity index (χ0) is 10.7. The molecule has 1 saturated carbocycles. The molecule has 0 bridgehead atoms. The third kappa shape index (κ3) is 3.47. The van der Waals surface area contributed by atoms with Crippen LogP contribution in [0.1, 0.15) is 24.2 Å². The summed E-state index contributed by atoms with van der Waals surface area (Å²) in [6.07, 6.45) is 2.48. The first kappa shape index (κ1) is 10.4. The van der Waals surface area contributed by atoms with Gasteiger partial charge in [0.25, 0.3) is 0 Å². The number of nitrogens with zero attached hydrogens (tertiary/aromatic N) is 1. The molecule has 80 valence electrons. The molecule has 1 aromatic heterocycles. The third-order valence-corrected chi connectivity index (χ3v) is 2.55. The van der Waals surface area contributed by atoms with Gasteiger partial charge >= 0.3 is 0 Å². The highest BCUT2D eigenvalue weighted by molar-refractivity contribution is 7.80. The molecule has 0 atom stereocenters. The molecule has 1 heterocycles. The SMILES string of the molecule is Cc1cccc(CNC(=S)NC2CC2)n1. The van der Waals surface area contributed by atoms with E-state index in [-0.39, 0.29) is 0 Å². The Kier molecular flexibility index (Phi) is 3.16. The average molecular weight is 221 g/mol. The van der Waals surface area contributed by atoms with Gasteiger partial charge in [0.2, 0.25) is 0 Å². The Labute approximate surface area is 95.3 Å². The zero-order valence-electron chi connectivity index (χ0n) is 8.79. The topological polar surface area (TPSA) is 37.0 Å². The van der Waals surface area contributed by atoms with Crippen molar-refractivity contribution in [3.63, 3.8) is 0 Å². The molecule has 1 aromatic rings. The molecule has 2 N–H and O–H groups in total. The standard InChI is InChI=1S/C11H15N3S/c1-8-3-2-4-10(13-8)7-12-11(15)14-9-5-6-9/h2-4,9H,5-7H2,1H3,(H2,12,14,15). The lowest BCUT2D eigenvalue weighted by molar-refractivity contribution is 0.809. The Balaban J connectivity index is 1.78. The van der Waals surface area contributed by atoms with Crippen LogP contribution in [0.5, 0.6) is 0 Å². The first-order valence-corrected chi connectivity index (χ1v) is 5.62. The maximum atomic E-state index is 5.15. The molecule has 0 saturated heterocycles. The number of thiocarbonyl (C=S) groups is 1. The predicted molar refractivity (Wildman–Crippen MR) is 64.6 cm³/mol. The quantitative estimate of drug-likeness (QED) is 0.759. The van der Waals surface area contributed by atoms with Crippen LogP contribution in [0, 0.1) is 6.92 Å². The second-order valence-corrected chi connectivity index (χ2v) is 4.28. The van der Waals surface area contributed by atoms with Crippen LogP contribution in [0.25, 0.3) is 0 Å². The van der Waals surface area contributed by atoms with Gasteiger partial charge in [0.15, 0.2) is 5.11 Å². The van der Waals surface area contributed by atoms with Crippen molar-refractivity contribution < 1.29 is 0 Å². The van der Waals surface area contributed by atoms with Crippen molar-refractivity contribution in [2.75, 3.05) is 0 Å². The average Bonchev–Trinajstić information content (AvgIpc) is 2.99. The van der Waals surface area contributed by atoms with Crippen LogP contribution < -0.4 is 10.6 Å². The summed E-state index contributed by atoms with van der Waals surface area (Å²) in [4.78, 5) is 4.39. The van der Waals surface area contributed by atoms with Crippen LogP contribution in [-0.4, -0.2) is 16.1 Å². The molecule has 0 amide bonds. The monoisotopic (exact) mass is 221 g/mol. The fraction of sp³-hybridized carbons (Fsp3) is 0.455. The molecular formula is C11H15N3S. The van der Waals surface area contributed by atoms with Gasteiger partial charge in [0.05, 0.1) is 12.2 Å². The van der Waals surface area contributed by atoms with Crippen molar-refractivity contribution in [2.24, 2.45) is 0 Å². The zero-order valence-corrected chi connectivity index (χ0v) is 9.60. The summed E-state index contributed by atoms with van der Waals surface area (Å²) < 4.78 is 0. The van der Waals surface area contributed by atoms with Crippen molar-refractivity contribution in [1.29, 1.82) is 0 Å². The van der Waals surface area contributed by atoms with E-state index in [9.17, 15) is 0 Å². The number of hydrogen-bond donors (Lipinski definition) is 2. The first-order valence-electron chi connectivity index (χ1n) is 5.21. The van der Waals surface area contributed by atoms with Crippen LogP contribution in [0.2, 0.25) is 0 Å². The van der Waals surface area contributed by atoms with Crippen LogP contribution in [0.15, 0.2) is 18.2 Å². The second-order valence-electron chi connectivity index (χ2n) is 3.87. The third-order valence-electron chi connectivity index (χ3n) is 2.29. The van der Waals surface area contributed by atoms with Crippen LogP contribution in [0.4, 0.5) is 0 Å². The smallest absolute Gasteiger partial charge is 0.166 e. The molecule has 0 spiro atoms. The van der Waals surface area contributed by atoms with Crippen molar-refractivity contribution in [3.05, 3.63) is 29.6 Å². The molecule has 1 aliphatic carbocycles. The van der Waals surface area contributed by atoms with Crippen molar-refractivity contribution in [2.45, 2.75) is 32.4 Å². The fourth-order valence-electron chi connectivity index (χ4n) is 1.33. The molecule has 3 nitrogen and oxygen atoms in total. The molecule has 15 heavy (non-hydrogen) atoms. The van der Waals surface area contributed by atoms with Gasteiger partial charge in [-0.15, -0.1) is 0 Å². The second kappa shape index (κ2) is 4.57. The Bertz CT molecular complexity index is 361. The van der Waals surface area contributed by atoms with Gasteiger partial charge in [-0.25, -0.2) is 0 Å². The molecule has 0 aliphatic heterocycles. The van der Waals surface area contributed by atoms with Gasteiger partial charge in [0.1, 0.15) is 0 Å². The summed E-state index contributed by atoms with van der Waals surface area (Å²) >= 11 is 5.15. The maximum absolute atomic E-state index is 5.15. The number of nitrogens with one attached hydrogen (secondary N) is 2. The molecular weight excluding hydrogens is 206 g/mol. The van der Waals surface area contributed by atoms with E-state index in [2.05, 4.69) is 15.6 Å². The van der Waals surface area contributed by atoms with E-state index < -0.39 is 0 Å². The predicted octanol–water partition coefficient (Wildman–Crippen LogP) is 1.52. The Morgan fingerprint density at radius 3 is 3.00 bits per heavy atom. The molecule has 2 rings (SSSR count). The van der Waals surface area contributed by atoms with Gasteiger partial charge in [0, 0.05) is 11.7 Å². The maximum Gasteiger partial charge on any atom is 0.166 e. The van der Waals surface area contributed by atoms with E-state index in [1.807, 2.05) is 25.1 Å². The molecule has 0 unspecified atom stereocenters. The normalized spacial score (nSPS) is 14.7. The lowest BCUT2D eigenvalue weighted by Gasteiger charge is -2.09. The Hall–Kier alpha value is -1.16. The van der Waals surface area contributed by atoms with Crippen molar-refractivity contribution in [3.8, 4) is 0 Å². The van der Waals surface area contributed by atoms with Crippen LogP contribution in [0.3, 0.4) is 0 Å². The first-order chi connectivity index (χ1) is 7.24. The Morgan fingerprint density at radius 2 is 2.33 bits per heavy atom. The number of hydrogen-bond acceptors (Lipinski definition) is 2. The molecule has 1 fully saturated rings. The summed E-state index contributed by atoms with van der Waals surface area (Å²) in [5.41, 5.74) is 2.06. The minimum Gasteiger partial charge on any atom is -0.360 e. The number of pyridine rings is 1. The summed E-state index contributed by atoms with van der Waals surface area (Å²) in [5, 5.41) is 7.12. The van der Waals surface area contributed by atoms with Gasteiger partial charge in [-0.05, 0) is 44.1 Å². The van der Waals surface area contributed by atoms with Crippen LogP contribution >= 0.6 is 12.2 Å². The van der Waals surface area contributed by atoms with E-state index in [4.69, 9.17) is 12.2 Å². The molecule has 0 aromatic carbocycles. The van der Waals surface area contributed by atoms with E-state index in [0.29, 0.717) is 12.6 Å². The van der Waals surface area contributed by atoms with Crippen molar-refractivity contribution >= 4 is 17.3 Å². The van der Waals surface area contributed by atoms with Crippen LogP contribution in [-0.2, 0) is 6.54 Å². The Morgan fingerprint density at radius 1 is 1.53 bits per heavy atom. The highest BCUT2D eigenvalue weighted by Crippen LogP contribution is 2.18. The largest absolute Gasteiger partial charge is 0.360 e. The van der Waals surface area contributed by atoms with E-state index in [1.165, 1.54) is 12.8 Å². The lowest BCUT2D eigenvalue weighted by atomic mass is 10.3. The van der Waals surface area contributed by atoms with Gasteiger partial charge in [-0.3, -0.25) is 4.98 Å². The van der Waals surface area contributed by atoms with E-state index in [0.717, 1.165) is 16.5 Å². The lowest BCUT2D eigenvalue weighted by Crippen LogP contribution is -2.36. The minimum absolute atomic E-state index is 0.607. The summed E-state index contributed by atoms with van der Waals surface area (Å²) in [5.74, 6) is 0. The fourth-order valence-corrected chi connectivity index (χ4v) is 1.57. The summed E-state index contributed by atoms with van der Waals surface area (Å²) in [7, 11) is 0. The molecule has 0 radical (unpaired) electrons. The number of rotatable bonds is 3. The summed E-state index contributed by atoms with van der Waals surface area (Å²) in [6.45, 7) is 2.69. The van der Waals surface area contributed by atoms with Crippen molar-refractivity contribution in [1.82, 2.24) is 15.6 Å². The molecule has 1 aliphatic rings. The highest BCUT2D eigenvalue weighted by atomic mass is 32.1.